The summed E-state index contributed by atoms with van der Waals surface area (Å²) in [6.45, 7) is 0.446. The predicted molar refractivity (Wildman–Crippen MR) is 61.4 cm³/mol. The second-order valence-corrected chi connectivity index (χ2v) is 3.51. The fourth-order valence-corrected chi connectivity index (χ4v) is 1.43. The fraction of sp³-hybridized carbons (Fsp3) is 0.0909. The summed E-state index contributed by atoms with van der Waals surface area (Å²) in [6.07, 6.45) is 3.20. The Kier molecular flexibility index (Phi) is 3.34. The highest BCUT2D eigenvalue weighted by atomic mass is 35.5. The summed E-state index contributed by atoms with van der Waals surface area (Å²) >= 11 is 6.02. The molecule has 16 heavy (non-hydrogen) atoms. The standard InChI is InChI=1S/C11H10ClN3O/c12-9-6-8(7-13)2-3-10(9)16-11-14-4-1-5-15-11/h1-6H,7,13H2. The van der Waals surface area contributed by atoms with Gasteiger partial charge in [0, 0.05) is 18.9 Å². The third kappa shape index (κ3) is 2.48. The van der Waals surface area contributed by atoms with Crippen molar-refractivity contribution in [3.8, 4) is 11.8 Å². The number of ether oxygens (including phenoxy) is 1. The average molecular weight is 236 g/mol. The van der Waals surface area contributed by atoms with E-state index in [9.17, 15) is 0 Å². The lowest BCUT2D eigenvalue weighted by atomic mass is 10.2. The highest BCUT2D eigenvalue weighted by Crippen LogP contribution is 2.28. The summed E-state index contributed by atoms with van der Waals surface area (Å²) in [5, 5.41) is 0.496. The zero-order valence-electron chi connectivity index (χ0n) is 8.43. The normalized spacial score (nSPS) is 10.1. The molecule has 4 nitrogen and oxygen atoms in total. The monoisotopic (exact) mass is 235 g/mol. The lowest BCUT2D eigenvalue weighted by Gasteiger charge is -2.06. The van der Waals surface area contributed by atoms with Crippen LogP contribution in [-0.4, -0.2) is 9.97 Å². The number of halogens is 1. The molecule has 0 aliphatic heterocycles. The van der Waals surface area contributed by atoms with E-state index in [1.54, 1.807) is 30.6 Å². The van der Waals surface area contributed by atoms with E-state index in [0.29, 0.717) is 17.3 Å². The van der Waals surface area contributed by atoms with E-state index in [0.717, 1.165) is 5.56 Å². The molecular weight excluding hydrogens is 226 g/mol. The maximum Gasteiger partial charge on any atom is 0.321 e. The van der Waals surface area contributed by atoms with Crippen molar-refractivity contribution >= 4 is 11.6 Å². The van der Waals surface area contributed by atoms with Crippen molar-refractivity contribution in [1.29, 1.82) is 0 Å². The van der Waals surface area contributed by atoms with Gasteiger partial charge in [-0.1, -0.05) is 17.7 Å². The first-order valence-corrected chi connectivity index (χ1v) is 5.11. The third-order valence-electron chi connectivity index (χ3n) is 1.98. The lowest BCUT2D eigenvalue weighted by Crippen LogP contribution is -1.97. The van der Waals surface area contributed by atoms with Crippen LogP contribution in [0.15, 0.2) is 36.7 Å². The largest absolute Gasteiger partial charge is 0.423 e. The van der Waals surface area contributed by atoms with Crippen LogP contribution in [0.3, 0.4) is 0 Å². The number of benzene rings is 1. The van der Waals surface area contributed by atoms with Gasteiger partial charge in [-0.25, -0.2) is 9.97 Å². The highest BCUT2D eigenvalue weighted by Gasteiger charge is 2.05. The Labute approximate surface area is 98.0 Å². The van der Waals surface area contributed by atoms with Gasteiger partial charge in [-0.3, -0.25) is 0 Å². The average Bonchev–Trinajstić information content (AvgIpc) is 2.33. The van der Waals surface area contributed by atoms with Crippen molar-refractivity contribution in [2.45, 2.75) is 6.54 Å². The number of hydrogen-bond donors (Lipinski definition) is 1. The van der Waals surface area contributed by atoms with Gasteiger partial charge in [0.2, 0.25) is 0 Å². The van der Waals surface area contributed by atoms with E-state index in [-0.39, 0.29) is 6.01 Å². The minimum atomic E-state index is 0.268. The number of aromatic nitrogens is 2. The number of nitrogens with zero attached hydrogens (tertiary/aromatic N) is 2. The number of rotatable bonds is 3. The molecule has 82 valence electrons. The molecule has 0 aliphatic rings. The fourth-order valence-electron chi connectivity index (χ4n) is 1.19. The van der Waals surface area contributed by atoms with Crippen molar-refractivity contribution in [3.63, 3.8) is 0 Å². The van der Waals surface area contributed by atoms with Crippen LogP contribution in [-0.2, 0) is 6.54 Å². The van der Waals surface area contributed by atoms with Gasteiger partial charge < -0.3 is 10.5 Å². The van der Waals surface area contributed by atoms with E-state index in [1.807, 2.05) is 6.07 Å². The molecule has 0 aliphatic carbocycles. The van der Waals surface area contributed by atoms with Gasteiger partial charge in [0.15, 0.2) is 0 Å². The van der Waals surface area contributed by atoms with E-state index >= 15 is 0 Å². The summed E-state index contributed by atoms with van der Waals surface area (Å²) in [5.74, 6) is 0.519. The van der Waals surface area contributed by atoms with Crippen LogP contribution in [0.2, 0.25) is 5.02 Å². The predicted octanol–water partition coefficient (Wildman–Crippen LogP) is 2.38. The molecule has 1 aromatic carbocycles. The molecule has 5 heteroatoms. The molecule has 0 amide bonds. The van der Waals surface area contributed by atoms with E-state index < -0.39 is 0 Å². The maximum atomic E-state index is 6.02. The molecule has 0 fully saturated rings. The quantitative estimate of drug-likeness (QED) is 0.887. The topological polar surface area (TPSA) is 61.0 Å². The molecule has 0 unspecified atom stereocenters. The Morgan fingerprint density at radius 3 is 2.62 bits per heavy atom. The van der Waals surface area contributed by atoms with Crippen LogP contribution >= 0.6 is 11.6 Å². The van der Waals surface area contributed by atoms with E-state index in [2.05, 4.69) is 9.97 Å². The summed E-state index contributed by atoms with van der Waals surface area (Å²) in [5.41, 5.74) is 6.45. The Balaban J connectivity index is 2.22. The molecule has 0 saturated heterocycles. The zero-order valence-corrected chi connectivity index (χ0v) is 9.19. The smallest absolute Gasteiger partial charge is 0.321 e. The first-order chi connectivity index (χ1) is 7.79. The molecule has 1 aromatic heterocycles. The van der Waals surface area contributed by atoms with E-state index in [4.69, 9.17) is 22.1 Å². The zero-order chi connectivity index (χ0) is 11.4. The molecule has 2 N–H and O–H groups in total. The van der Waals surface area contributed by atoms with Crippen LogP contribution < -0.4 is 10.5 Å². The Hall–Kier alpha value is -1.65. The van der Waals surface area contributed by atoms with Crippen molar-refractivity contribution in [2.24, 2.45) is 5.73 Å². The molecule has 2 aromatic rings. The van der Waals surface area contributed by atoms with Gasteiger partial charge >= 0.3 is 6.01 Å². The van der Waals surface area contributed by atoms with Crippen LogP contribution in [0.4, 0.5) is 0 Å². The van der Waals surface area contributed by atoms with Gasteiger partial charge in [-0.05, 0) is 23.8 Å². The molecule has 0 atom stereocenters. The summed E-state index contributed by atoms with van der Waals surface area (Å²) in [7, 11) is 0. The third-order valence-corrected chi connectivity index (χ3v) is 2.27. The second-order valence-electron chi connectivity index (χ2n) is 3.10. The Bertz CT molecular complexity index is 476. The first-order valence-electron chi connectivity index (χ1n) is 4.73. The number of nitrogens with two attached hydrogens (primary N) is 1. The van der Waals surface area contributed by atoms with Crippen molar-refractivity contribution < 1.29 is 4.74 Å². The molecule has 0 spiro atoms. The minimum absolute atomic E-state index is 0.268. The van der Waals surface area contributed by atoms with Gasteiger partial charge in [-0.2, -0.15) is 0 Å². The maximum absolute atomic E-state index is 6.02. The molecule has 0 radical (unpaired) electrons. The van der Waals surface area contributed by atoms with Crippen molar-refractivity contribution in [3.05, 3.63) is 47.2 Å². The Morgan fingerprint density at radius 2 is 2.00 bits per heavy atom. The highest BCUT2D eigenvalue weighted by molar-refractivity contribution is 6.32. The van der Waals surface area contributed by atoms with Crippen molar-refractivity contribution in [1.82, 2.24) is 9.97 Å². The van der Waals surface area contributed by atoms with Crippen LogP contribution in [0.1, 0.15) is 5.56 Å². The van der Waals surface area contributed by atoms with Gasteiger partial charge in [0.05, 0.1) is 5.02 Å². The molecular formula is C11H10ClN3O. The first kappa shape index (κ1) is 10.9. The summed E-state index contributed by atoms with van der Waals surface area (Å²) in [6, 6.07) is 7.35. The lowest BCUT2D eigenvalue weighted by molar-refractivity contribution is 0.442. The Morgan fingerprint density at radius 1 is 1.25 bits per heavy atom. The molecule has 0 bridgehead atoms. The van der Waals surface area contributed by atoms with Crippen molar-refractivity contribution in [2.75, 3.05) is 0 Å². The minimum Gasteiger partial charge on any atom is -0.423 e. The van der Waals surface area contributed by atoms with Crippen LogP contribution in [0.25, 0.3) is 0 Å². The van der Waals surface area contributed by atoms with Gasteiger partial charge in [0.25, 0.3) is 0 Å². The molecule has 1 heterocycles. The molecule has 2 rings (SSSR count). The second kappa shape index (κ2) is 4.92. The van der Waals surface area contributed by atoms with Crippen LogP contribution in [0, 0.1) is 0 Å². The van der Waals surface area contributed by atoms with Gasteiger partial charge in [-0.15, -0.1) is 0 Å². The van der Waals surface area contributed by atoms with Crippen LogP contribution in [0.5, 0.6) is 11.8 Å². The summed E-state index contributed by atoms with van der Waals surface area (Å²) < 4.78 is 5.41. The molecule has 0 saturated carbocycles. The number of hydrogen-bond acceptors (Lipinski definition) is 4. The van der Waals surface area contributed by atoms with E-state index in [1.165, 1.54) is 0 Å². The van der Waals surface area contributed by atoms with Gasteiger partial charge in [0.1, 0.15) is 5.75 Å². The SMILES string of the molecule is NCc1ccc(Oc2ncccn2)c(Cl)c1. The summed E-state index contributed by atoms with van der Waals surface area (Å²) in [4.78, 5) is 7.88.